The van der Waals surface area contributed by atoms with Crippen molar-refractivity contribution in [3.05, 3.63) is 34.9 Å². The monoisotopic (exact) mass is 332 g/mol. The van der Waals surface area contributed by atoms with Crippen molar-refractivity contribution in [2.24, 2.45) is 0 Å². The molecule has 1 aromatic rings. The highest BCUT2D eigenvalue weighted by molar-refractivity contribution is 7.89. The molecule has 120 valence electrons. The molecule has 21 heavy (non-hydrogen) atoms. The summed E-state index contributed by atoms with van der Waals surface area (Å²) in [4.78, 5) is 0. The van der Waals surface area contributed by atoms with Crippen LogP contribution in [0.25, 0.3) is 0 Å². The van der Waals surface area contributed by atoms with Gasteiger partial charge in [-0.1, -0.05) is 36.7 Å². The van der Waals surface area contributed by atoms with E-state index in [1.165, 1.54) is 4.31 Å². The van der Waals surface area contributed by atoms with Crippen LogP contribution in [0.1, 0.15) is 38.3 Å². The molecule has 0 fully saturated rings. The van der Waals surface area contributed by atoms with E-state index in [4.69, 9.17) is 11.6 Å². The highest BCUT2D eigenvalue weighted by atomic mass is 35.5. The Labute approximate surface area is 133 Å². The average molecular weight is 333 g/mol. The normalized spacial score (nSPS) is 13.6. The van der Waals surface area contributed by atoms with E-state index in [2.05, 4.69) is 5.32 Å². The maximum Gasteiger partial charge on any atom is 0.214 e. The summed E-state index contributed by atoms with van der Waals surface area (Å²) in [5.74, 6) is 0.170. The van der Waals surface area contributed by atoms with Crippen LogP contribution in [0.4, 0.5) is 0 Å². The quantitative estimate of drug-likeness (QED) is 0.707. The van der Waals surface area contributed by atoms with Gasteiger partial charge in [0.1, 0.15) is 0 Å². The van der Waals surface area contributed by atoms with E-state index in [-0.39, 0.29) is 11.8 Å². The molecular weight excluding hydrogens is 308 g/mol. The van der Waals surface area contributed by atoms with Gasteiger partial charge in [0.2, 0.25) is 10.0 Å². The Morgan fingerprint density at radius 3 is 2.57 bits per heavy atom. The second-order valence-electron chi connectivity index (χ2n) is 5.09. The van der Waals surface area contributed by atoms with Crippen LogP contribution in [0.15, 0.2) is 24.3 Å². The summed E-state index contributed by atoms with van der Waals surface area (Å²) in [6.07, 6.45) is 1.52. The molecule has 1 aromatic carbocycles. The minimum Gasteiger partial charge on any atom is -0.317 e. The highest BCUT2D eigenvalue weighted by Crippen LogP contribution is 2.28. The van der Waals surface area contributed by atoms with E-state index in [0.29, 0.717) is 11.4 Å². The topological polar surface area (TPSA) is 49.4 Å². The second kappa shape index (κ2) is 8.73. The molecule has 0 aliphatic rings. The summed E-state index contributed by atoms with van der Waals surface area (Å²) in [5, 5.41) is 3.79. The molecule has 4 nitrogen and oxygen atoms in total. The van der Waals surface area contributed by atoms with Gasteiger partial charge in [0.25, 0.3) is 0 Å². The summed E-state index contributed by atoms with van der Waals surface area (Å²) in [5.41, 5.74) is 0.831. The lowest BCUT2D eigenvalue weighted by Crippen LogP contribution is -2.32. The summed E-state index contributed by atoms with van der Waals surface area (Å²) in [6, 6.07) is 7.09. The molecule has 1 rings (SSSR count). The van der Waals surface area contributed by atoms with E-state index in [1.54, 1.807) is 13.1 Å². The smallest absolute Gasteiger partial charge is 0.214 e. The first-order chi connectivity index (χ1) is 9.90. The summed E-state index contributed by atoms with van der Waals surface area (Å²) >= 11 is 6.15. The van der Waals surface area contributed by atoms with Gasteiger partial charge >= 0.3 is 0 Å². The number of nitrogens with zero attached hydrogens (tertiary/aromatic N) is 1. The van der Waals surface area contributed by atoms with Crippen LogP contribution >= 0.6 is 11.6 Å². The molecule has 0 aromatic heterocycles. The third kappa shape index (κ3) is 5.58. The fourth-order valence-corrected chi connectivity index (χ4v) is 3.85. The first-order valence-corrected chi connectivity index (χ1v) is 9.29. The highest BCUT2D eigenvalue weighted by Gasteiger charge is 2.24. The van der Waals surface area contributed by atoms with E-state index < -0.39 is 10.0 Å². The van der Waals surface area contributed by atoms with E-state index in [0.717, 1.165) is 25.1 Å². The number of unbranched alkanes of at least 4 members (excludes halogenated alkanes) is 1. The van der Waals surface area contributed by atoms with Crippen molar-refractivity contribution in [2.75, 3.05) is 25.9 Å². The number of halogens is 1. The fourth-order valence-electron chi connectivity index (χ4n) is 2.11. The molecule has 1 unspecified atom stereocenters. The molecule has 0 spiro atoms. The maximum absolute atomic E-state index is 12.4. The van der Waals surface area contributed by atoms with Gasteiger partial charge in [-0.15, -0.1) is 0 Å². The van der Waals surface area contributed by atoms with Crippen LogP contribution in [-0.4, -0.2) is 38.6 Å². The van der Waals surface area contributed by atoms with Gasteiger partial charge in [0, 0.05) is 18.1 Å². The zero-order valence-electron chi connectivity index (χ0n) is 13.0. The van der Waals surface area contributed by atoms with Crippen LogP contribution in [0.5, 0.6) is 0 Å². The lowest BCUT2D eigenvalue weighted by Gasteiger charge is -2.25. The van der Waals surface area contributed by atoms with Gasteiger partial charge in [-0.2, -0.15) is 4.31 Å². The summed E-state index contributed by atoms with van der Waals surface area (Å²) in [7, 11) is -1.65. The Kier molecular flexibility index (Phi) is 7.66. The fraction of sp³-hybridized carbons (Fsp3) is 0.600. The van der Waals surface area contributed by atoms with Gasteiger partial charge in [0.05, 0.1) is 5.75 Å². The summed E-state index contributed by atoms with van der Waals surface area (Å²) < 4.78 is 26.1. The minimum absolute atomic E-state index is 0.170. The van der Waals surface area contributed by atoms with Gasteiger partial charge in [-0.05, 0) is 44.5 Å². The largest absolute Gasteiger partial charge is 0.317 e. The zero-order valence-corrected chi connectivity index (χ0v) is 14.5. The Morgan fingerprint density at radius 2 is 1.95 bits per heavy atom. The molecule has 0 radical (unpaired) electrons. The van der Waals surface area contributed by atoms with E-state index >= 15 is 0 Å². The molecular formula is C15H25ClN2O2S. The molecule has 0 bridgehead atoms. The van der Waals surface area contributed by atoms with E-state index in [9.17, 15) is 8.42 Å². The van der Waals surface area contributed by atoms with Gasteiger partial charge in [0.15, 0.2) is 0 Å². The second-order valence-corrected chi connectivity index (χ2v) is 7.65. The summed E-state index contributed by atoms with van der Waals surface area (Å²) in [6.45, 7) is 5.67. The van der Waals surface area contributed by atoms with Crippen molar-refractivity contribution in [3.63, 3.8) is 0 Å². The van der Waals surface area contributed by atoms with Gasteiger partial charge < -0.3 is 5.32 Å². The number of hydrogen-bond acceptors (Lipinski definition) is 3. The van der Waals surface area contributed by atoms with Crippen LogP contribution in [0, 0.1) is 0 Å². The van der Waals surface area contributed by atoms with Crippen molar-refractivity contribution < 1.29 is 8.42 Å². The average Bonchev–Trinajstić information content (AvgIpc) is 2.46. The third-order valence-corrected chi connectivity index (χ3v) is 5.94. The van der Waals surface area contributed by atoms with Crippen LogP contribution < -0.4 is 5.32 Å². The lowest BCUT2D eigenvalue weighted by molar-refractivity contribution is 0.397. The lowest BCUT2D eigenvalue weighted by atomic mass is 10.1. The number of nitrogens with one attached hydrogen (secondary N) is 1. The standard InChI is InChI=1S/C15H25ClN2O2S/c1-4-17-11-7-8-12-21(19,20)18(3)13(2)14-9-5-6-10-15(14)16/h5-6,9-10,13,17H,4,7-8,11-12H2,1-3H3. The van der Waals surface area contributed by atoms with Crippen molar-refractivity contribution in [1.29, 1.82) is 0 Å². The molecule has 1 N–H and O–H groups in total. The zero-order chi connectivity index (χ0) is 15.9. The minimum atomic E-state index is -3.26. The van der Waals surface area contributed by atoms with Crippen LogP contribution in [0.3, 0.4) is 0 Å². The number of sulfonamides is 1. The van der Waals surface area contributed by atoms with Crippen LogP contribution in [-0.2, 0) is 10.0 Å². The Bertz CT molecular complexity index is 534. The molecule has 0 amide bonds. The molecule has 0 heterocycles. The number of benzene rings is 1. The molecule has 0 aliphatic carbocycles. The third-order valence-electron chi connectivity index (χ3n) is 3.60. The molecule has 6 heteroatoms. The Morgan fingerprint density at radius 1 is 1.29 bits per heavy atom. The van der Waals surface area contributed by atoms with Crippen molar-refractivity contribution in [1.82, 2.24) is 9.62 Å². The van der Waals surface area contributed by atoms with Crippen molar-refractivity contribution in [2.45, 2.75) is 32.7 Å². The van der Waals surface area contributed by atoms with Gasteiger partial charge in [-0.3, -0.25) is 0 Å². The van der Waals surface area contributed by atoms with Crippen LogP contribution in [0.2, 0.25) is 5.02 Å². The first-order valence-electron chi connectivity index (χ1n) is 7.31. The molecule has 0 aliphatic heterocycles. The number of rotatable bonds is 9. The molecule has 0 saturated heterocycles. The van der Waals surface area contributed by atoms with Gasteiger partial charge in [-0.25, -0.2) is 8.42 Å². The van der Waals surface area contributed by atoms with E-state index in [1.807, 2.05) is 32.0 Å². The SMILES string of the molecule is CCNCCCCS(=O)(=O)N(C)C(C)c1ccccc1Cl. The first kappa shape index (κ1) is 18.4. The predicted molar refractivity (Wildman–Crippen MR) is 89.2 cm³/mol. The van der Waals surface area contributed by atoms with Crippen molar-refractivity contribution >= 4 is 21.6 Å². The van der Waals surface area contributed by atoms with Crippen molar-refractivity contribution in [3.8, 4) is 0 Å². The molecule has 0 saturated carbocycles. The predicted octanol–water partition coefficient (Wildman–Crippen LogP) is 3.05. The maximum atomic E-state index is 12.4. The number of hydrogen-bond donors (Lipinski definition) is 1. The Balaban J connectivity index is 2.64. The Hall–Kier alpha value is -0.620. The molecule has 1 atom stereocenters.